The molecule has 0 spiro atoms. The molecule has 0 unspecified atom stereocenters. The van der Waals surface area contributed by atoms with Crippen LogP contribution in [0.25, 0.3) is 0 Å². The van der Waals surface area contributed by atoms with Gasteiger partial charge in [-0.1, -0.05) is 41.9 Å². The highest BCUT2D eigenvalue weighted by Crippen LogP contribution is 2.25. The Balaban J connectivity index is 1.68. The van der Waals surface area contributed by atoms with E-state index in [9.17, 15) is 9.59 Å². The van der Waals surface area contributed by atoms with Crippen molar-refractivity contribution in [3.63, 3.8) is 0 Å². The summed E-state index contributed by atoms with van der Waals surface area (Å²) in [7, 11) is 0. The number of carbonyl (C=O) groups is 2. The zero-order valence-electron chi connectivity index (χ0n) is 13.2. The topological polar surface area (TPSA) is 98.9 Å². The Hall–Kier alpha value is -2.84. The van der Waals surface area contributed by atoms with Gasteiger partial charge >= 0.3 is 0 Å². The molecule has 2 amide bonds. The zero-order valence-corrected chi connectivity index (χ0v) is 15.6. The largest absolute Gasteiger partial charge is 0.304 e. The molecule has 2 aromatic carbocycles. The van der Waals surface area contributed by atoms with Gasteiger partial charge in [0.05, 0.1) is 20.7 Å². The standard InChI is InChI=1S/C17H13BrClN5O2/c18-13-14(17(26)24-21-10-6-2-1-3-7-10)22-23-15(13)20-16(25)11-8-4-5-9-12(11)19/h1-9,21H,(H,24,26)(H2,20,22,23,25). The molecular weight excluding hydrogens is 422 g/mol. The molecule has 132 valence electrons. The number of hydrogen-bond donors (Lipinski definition) is 4. The number of halogens is 2. The number of nitrogens with zero attached hydrogens (tertiary/aromatic N) is 1. The lowest BCUT2D eigenvalue weighted by atomic mass is 10.2. The Labute approximate surface area is 162 Å². The van der Waals surface area contributed by atoms with Crippen molar-refractivity contribution in [3.8, 4) is 0 Å². The van der Waals surface area contributed by atoms with Crippen molar-refractivity contribution in [1.29, 1.82) is 0 Å². The van der Waals surface area contributed by atoms with Crippen LogP contribution in [0.5, 0.6) is 0 Å². The molecule has 0 aliphatic heterocycles. The molecule has 3 aromatic rings. The lowest BCUT2D eigenvalue weighted by Gasteiger charge is -2.07. The number of nitrogens with one attached hydrogen (secondary N) is 4. The van der Waals surface area contributed by atoms with E-state index in [0.29, 0.717) is 15.1 Å². The molecular formula is C17H13BrClN5O2. The zero-order chi connectivity index (χ0) is 18.5. The lowest BCUT2D eigenvalue weighted by Crippen LogP contribution is -2.29. The highest BCUT2D eigenvalue weighted by atomic mass is 79.9. The van der Waals surface area contributed by atoms with E-state index >= 15 is 0 Å². The van der Waals surface area contributed by atoms with Crippen molar-refractivity contribution in [3.05, 3.63) is 75.4 Å². The average Bonchev–Trinajstić information content (AvgIpc) is 3.01. The summed E-state index contributed by atoms with van der Waals surface area (Å²) in [4.78, 5) is 24.5. The van der Waals surface area contributed by atoms with Gasteiger partial charge in [-0.25, -0.2) is 0 Å². The molecule has 0 aliphatic carbocycles. The fourth-order valence-corrected chi connectivity index (χ4v) is 2.77. The summed E-state index contributed by atoms with van der Waals surface area (Å²) in [6.45, 7) is 0. The van der Waals surface area contributed by atoms with Crippen LogP contribution in [-0.4, -0.2) is 22.0 Å². The highest BCUT2D eigenvalue weighted by Gasteiger charge is 2.20. The number of aromatic nitrogens is 2. The molecule has 0 atom stereocenters. The Bertz CT molecular complexity index is 945. The van der Waals surface area contributed by atoms with Crippen LogP contribution in [0.3, 0.4) is 0 Å². The van der Waals surface area contributed by atoms with Gasteiger partial charge in [-0.3, -0.25) is 25.5 Å². The number of benzene rings is 2. The van der Waals surface area contributed by atoms with Crippen LogP contribution in [0.4, 0.5) is 11.5 Å². The Morgan fingerprint density at radius 2 is 1.69 bits per heavy atom. The molecule has 0 aliphatic rings. The normalized spacial score (nSPS) is 10.2. The van der Waals surface area contributed by atoms with Gasteiger partial charge in [0, 0.05) is 0 Å². The van der Waals surface area contributed by atoms with E-state index in [4.69, 9.17) is 11.6 Å². The van der Waals surface area contributed by atoms with Crippen molar-refractivity contribution in [2.75, 3.05) is 10.7 Å². The minimum atomic E-state index is -0.452. The summed E-state index contributed by atoms with van der Waals surface area (Å²) < 4.78 is 0.324. The minimum absolute atomic E-state index is 0.155. The van der Waals surface area contributed by atoms with E-state index < -0.39 is 11.8 Å². The summed E-state index contributed by atoms with van der Waals surface area (Å²) in [6, 6.07) is 15.8. The van der Waals surface area contributed by atoms with E-state index in [1.165, 1.54) is 0 Å². The monoisotopic (exact) mass is 433 g/mol. The van der Waals surface area contributed by atoms with E-state index in [2.05, 4.69) is 42.3 Å². The smallest absolute Gasteiger partial charge is 0.288 e. The fraction of sp³-hybridized carbons (Fsp3) is 0. The quantitative estimate of drug-likeness (QED) is 0.459. The predicted octanol–water partition coefficient (Wildman–Crippen LogP) is 3.83. The number of para-hydroxylation sites is 1. The molecule has 0 fully saturated rings. The number of H-pyrrole nitrogens is 1. The molecule has 7 nitrogen and oxygen atoms in total. The number of anilines is 2. The van der Waals surface area contributed by atoms with Crippen LogP contribution in [0.2, 0.25) is 5.02 Å². The second-order valence-electron chi connectivity index (χ2n) is 5.14. The van der Waals surface area contributed by atoms with E-state index in [1.54, 1.807) is 36.4 Å². The lowest BCUT2D eigenvalue weighted by molar-refractivity contribution is 0.0955. The molecule has 0 bridgehead atoms. The molecule has 0 radical (unpaired) electrons. The number of hydrazine groups is 1. The molecule has 3 rings (SSSR count). The van der Waals surface area contributed by atoms with Gasteiger partial charge in [-0.05, 0) is 40.2 Å². The maximum atomic E-state index is 12.3. The van der Waals surface area contributed by atoms with Crippen LogP contribution in [-0.2, 0) is 0 Å². The first kappa shape index (κ1) is 18.0. The molecule has 26 heavy (non-hydrogen) atoms. The van der Waals surface area contributed by atoms with Crippen molar-refractivity contribution in [2.24, 2.45) is 0 Å². The molecule has 1 aromatic heterocycles. The van der Waals surface area contributed by atoms with Gasteiger partial charge in [-0.15, -0.1) is 0 Å². The summed E-state index contributed by atoms with van der Waals surface area (Å²) in [5.41, 5.74) is 6.51. The molecule has 4 N–H and O–H groups in total. The summed E-state index contributed by atoms with van der Waals surface area (Å²) in [5.74, 6) is -0.705. The SMILES string of the molecule is O=C(Nc1n[nH]c(C(=O)NNc2ccccc2)c1Br)c1ccccc1Cl. The first-order valence-electron chi connectivity index (χ1n) is 7.47. The first-order valence-corrected chi connectivity index (χ1v) is 8.64. The van der Waals surface area contributed by atoms with Crippen molar-refractivity contribution in [1.82, 2.24) is 15.6 Å². The predicted molar refractivity (Wildman–Crippen MR) is 103 cm³/mol. The van der Waals surface area contributed by atoms with Crippen LogP contribution >= 0.6 is 27.5 Å². The Kier molecular flexibility index (Phi) is 5.55. The second-order valence-corrected chi connectivity index (χ2v) is 6.34. The minimum Gasteiger partial charge on any atom is -0.304 e. The van der Waals surface area contributed by atoms with E-state index in [-0.39, 0.29) is 11.5 Å². The number of amides is 2. The summed E-state index contributed by atoms with van der Waals surface area (Å²) >= 11 is 9.27. The van der Waals surface area contributed by atoms with Crippen molar-refractivity contribution >= 4 is 50.9 Å². The fourth-order valence-electron chi connectivity index (χ4n) is 2.09. The van der Waals surface area contributed by atoms with Gasteiger partial charge in [-0.2, -0.15) is 5.10 Å². The number of carbonyl (C=O) groups excluding carboxylic acids is 2. The van der Waals surface area contributed by atoms with E-state index in [1.807, 2.05) is 18.2 Å². The van der Waals surface area contributed by atoms with Crippen LogP contribution in [0.15, 0.2) is 59.1 Å². The Morgan fingerprint density at radius 1 is 1.00 bits per heavy atom. The maximum absolute atomic E-state index is 12.3. The number of aromatic amines is 1. The summed E-state index contributed by atoms with van der Waals surface area (Å²) in [6.07, 6.45) is 0. The number of hydrogen-bond acceptors (Lipinski definition) is 4. The van der Waals surface area contributed by atoms with Crippen LogP contribution in [0, 0.1) is 0 Å². The van der Waals surface area contributed by atoms with Crippen molar-refractivity contribution in [2.45, 2.75) is 0 Å². The van der Waals surface area contributed by atoms with Crippen LogP contribution in [0.1, 0.15) is 20.8 Å². The van der Waals surface area contributed by atoms with Gasteiger partial charge in [0.2, 0.25) is 0 Å². The first-order chi connectivity index (χ1) is 12.6. The molecule has 9 heteroatoms. The molecule has 0 saturated carbocycles. The highest BCUT2D eigenvalue weighted by molar-refractivity contribution is 9.10. The van der Waals surface area contributed by atoms with Gasteiger partial charge in [0.15, 0.2) is 5.82 Å². The average molecular weight is 435 g/mol. The van der Waals surface area contributed by atoms with Crippen LogP contribution < -0.4 is 16.2 Å². The number of rotatable bonds is 5. The van der Waals surface area contributed by atoms with Gasteiger partial charge in [0.25, 0.3) is 11.8 Å². The Morgan fingerprint density at radius 3 is 2.42 bits per heavy atom. The summed E-state index contributed by atoms with van der Waals surface area (Å²) in [5, 5.41) is 9.46. The maximum Gasteiger partial charge on any atom is 0.288 e. The second kappa shape index (κ2) is 8.03. The van der Waals surface area contributed by atoms with E-state index in [0.717, 1.165) is 5.69 Å². The third-order valence-electron chi connectivity index (χ3n) is 3.38. The third kappa shape index (κ3) is 4.04. The van der Waals surface area contributed by atoms with Gasteiger partial charge < -0.3 is 5.32 Å². The third-order valence-corrected chi connectivity index (χ3v) is 4.48. The molecule has 1 heterocycles. The molecule has 0 saturated heterocycles. The van der Waals surface area contributed by atoms with Crippen molar-refractivity contribution < 1.29 is 9.59 Å². The van der Waals surface area contributed by atoms with Gasteiger partial charge in [0.1, 0.15) is 5.69 Å².